The largest absolute Gasteiger partial charge is 0.461 e. The Morgan fingerprint density at radius 2 is 2.17 bits per heavy atom. The van der Waals surface area contributed by atoms with E-state index >= 15 is 0 Å². The van der Waals surface area contributed by atoms with E-state index < -0.39 is 0 Å². The molecule has 1 aliphatic heterocycles. The summed E-state index contributed by atoms with van der Waals surface area (Å²) in [6, 6.07) is 0.374. The van der Waals surface area contributed by atoms with Crippen molar-refractivity contribution in [3.05, 3.63) is 0 Å². The molecule has 0 amide bonds. The lowest BCUT2D eigenvalue weighted by atomic mass is 10.4. The second-order valence-electron chi connectivity index (χ2n) is 4.20. The van der Waals surface area contributed by atoms with Crippen molar-refractivity contribution in [1.82, 2.24) is 15.0 Å². The first-order valence-electron chi connectivity index (χ1n) is 6.08. The number of hydrogen-bond acceptors (Lipinski definition) is 7. The first-order chi connectivity index (χ1) is 8.67. The van der Waals surface area contributed by atoms with E-state index in [4.69, 9.17) is 9.47 Å². The molecule has 1 saturated heterocycles. The van der Waals surface area contributed by atoms with E-state index in [2.05, 4.69) is 20.3 Å². The molecule has 2 rings (SSSR count). The minimum atomic E-state index is 0.0479. The standard InChI is InChI=1S/C11H18N4O2S/c1-4-12-9-13-10(17-7(2)3)15-11(14-9)18-8-5-16-6-8/h7-8H,4-6H2,1-3H3,(H,12,13,14,15). The fourth-order valence-electron chi connectivity index (χ4n) is 1.32. The summed E-state index contributed by atoms with van der Waals surface area (Å²) in [4.78, 5) is 12.9. The number of thioether (sulfide) groups is 1. The molecule has 1 N–H and O–H groups in total. The summed E-state index contributed by atoms with van der Waals surface area (Å²) in [6.07, 6.45) is 0.0479. The Hall–Kier alpha value is -1.08. The summed E-state index contributed by atoms with van der Waals surface area (Å²) in [5, 5.41) is 4.21. The number of anilines is 1. The number of nitrogens with one attached hydrogen (secondary N) is 1. The lowest BCUT2D eigenvalue weighted by Crippen LogP contribution is -2.30. The van der Waals surface area contributed by atoms with Gasteiger partial charge in [-0.25, -0.2) is 0 Å². The topological polar surface area (TPSA) is 69.2 Å². The minimum absolute atomic E-state index is 0.0479. The molecule has 0 radical (unpaired) electrons. The van der Waals surface area contributed by atoms with Crippen molar-refractivity contribution in [2.75, 3.05) is 25.1 Å². The van der Waals surface area contributed by atoms with Crippen molar-refractivity contribution in [2.45, 2.75) is 37.3 Å². The van der Waals surface area contributed by atoms with Crippen LogP contribution in [-0.2, 0) is 4.74 Å². The number of ether oxygens (including phenoxy) is 2. The van der Waals surface area contributed by atoms with E-state index in [0.29, 0.717) is 22.4 Å². The van der Waals surface area contributed by atoms with Gasteiger partial charge in [0.1, 0.15) is 0 Å². The molecule has 7 heteroatoms. The predicted molar refractivity (Wildman–Crippen MR) is 70.2 cm³/mol. The smallest absolute Gasteiger partial charge is 0.322 e. The summed E-state index contributed by atoms with van der Waals surface area (Å²) < 4.78 is 10.7. The van der Waals surface area contributed by atoms with Crippen LogP contribution in [-0.4, -0.2) is 46.1 Å². The summed E-state index contributed by atoms with van der Waals surface area (Å²) in [5.74, 6) is 0.561. The van der Waals surface area contributed by atoms with Crippen LogP contribution in [0.15, 0.2) is 5.16 Å². The normalized spacial score (nSPS) is 15.6. The third-order valence-corrected chi connectivity index (χ3v) is 3.15. The van der Waals surface area contributed by atoms with Crippen molar-refractivity contribution in [2.24, 2.45) is 0 Å². The maximum Gasteiger partial charge on any atom is 0.322 e. The van der Waals surface area contributed by atoms with Gasteiger partial charge in [-0.15, -0.1) is 0 Å². The van der Waals surface area contributed by atoms with Gasteiger partial charge in [-0.1, -0.05) is 11.8 Å². The molecule has 0 atom stereocenters. The van der Waals surface area contributed by atoms with E-state index in [1.165, 1.54) is 0 Å². The van der Waals surface area contributed by atoms with Gasteiger partial charge in [-0.3, -0.25) is 0 Å². The first kappa shape index (κ1) is 13.4. The highest BCUT2D eigenvalue weighted by Gasteiger charge is 2.22. The van der Waals surface area contributed by atoms with Crippen LogP contribution in [0.4, 0.5) is 5.95 Å². The van der Waals surface area contributed by atoms with Crippen LogP contribution in [0.3, 0.4) is 0 Å². The Bertz CT molecular complexity index is 399. The Balaban J connectivity index is 2.12. The number of aromatic nitrogens is 3. The minimum Gasteiger partial charge on any atom is -0.461 e. The molecule has 100 valence electrons. The number of nitrogens with zero attached hydrogens (tertiary/aromatic N) is 3. The van der Waals surface area contributed by atoms with Gasteiger partial charge in [-0.2, -0.15) is 15.0 Å². The monoisotopic (exact) mass is 270 g/mol. The summed E-state index contributed by atoms with van der Waals surface area (Å²) in [5.41, 5.74) is 0. The first-order valence-corrected chi connectivity index (χ1v) is 6.96. The maximum atomic E-state index is 5.53. The van der Waals surface area contributed by atoms with Crippen LogP contribution < -0.4 is 10.1 Å². The van der Waals surface area contributed by atoms with Gasteiger partial charge in [0, 0.05) is 6.54 Å². The molecular formula is C11H18N4O2S. The van der Waals surface area contributed by atoms with Gasteiger partial charge < -0.3 is 14.8 Å². The van der Waals surface area contributed by atoms with Crippen LogP contribution in [0, 0.1) is 0 Å². The molecule has 1 aromatic rings. The second-order valence-corrected chi connectivity index (χ2v) is 5.47. The Morgan fingerprint density at radius 1 is 1.39 bits per heavy atom. The van der Waals surface area contributed by atoms with Crippen molar-refractivity contribution in [3.8, 4) is 6.01 Å². The molecule has 0 unspecified atom stereocenters. The van der Waals surface area contributed by atoms with Gasteiger partial charge in [0.25, 0.3) is 0 Å². The van der Waals surface area contributed by atoms with Gasteiger partial charge >= 0.3 is 6.01 Å². The molecule has 0 spiro atoms. The highest BCUT2D eigenvalue weighted by atomic mass is 32.2. The second kappa shape index (κ2) is 6.19. The molecule has 1 aromatic heterocycles. The van der Waals surface area contributed by atoms with Crippen molar-refractivity contribution < 1.29 is 9.47 Å². The van der Waals surface area contributed by atoms with Crippen molar-refractivity contribution in [1.29, 1.82) is 0 Å². The lowest BCUT2D eigenvalue weighted by molar-refractivity contribution is 0.0454. The number of hydrogen-bond donors (Lipinski definition) is 1. The van der Waals surface area contributed by atoms with E-state index in [-0.39, 0.29) is 6.10 Å². The molecule has 6 nitrogen and oxygen atoms in total. The molecule has 1 fully saturated rings. The highest BCUT2D eigenvalue weighted by Crippen LogP contribution is 2.26. The summed E-state index contributed by atoms with van der Waals surface area (Å²) >= 11 is 1.60. The SMILES string of the molecule is CCNc1nc(OC(C)C)nc(SC2COC2)n1. The van der Waals surface area contributed by atoms with E-state index in [1.54, 1.807) is 11.8 Å². The van der Waals surface area contributed by atoms with Crippen LogP contribution in [0.1, 0.15) is 20.8 Å². The van der Waals surface area contributed by atoms with Gasteiger partial charge in [0.15, 0.2) is 5.16 Å². The zero-order valence-corrected chi connectivity index (χ0v) is 11.7. The summed E-state index contributed by atoms with van der Waals surface area (Å²) in [6.45, 7) is 8.17. The quantitative estimate of drug-likeness (QED) is 0.841. The van der Waals surface area contributed by atoms with E-state index in [1.807, 2.05) is 20.8 Å². The third kappa shape index (κ3) is 3.71. The Labute approximate surface area is 111 Å². The lowest BCUT2D eigenvalue weighted by Gasteiger charge is -2.24. The Morgan fingerprint density at radius 3 is 2.72 bits per heavy atom. The molecule has 2 heterocycles. The average Bonchev–Trinajstić information content (AvgIpc) is 2.23. The fourth-order valence-corrected chi connectivity index (χ4v) is 2.22. The van der Waals surface area contributed by atoms with Gasteiger partial charge in [-0.05, 0) is 20.8 Å². The predicted octanol–water partition coefficient (Wildman–Crippen LogP) is 1.58. The van der Waals surface area contributed by atoms with Crippen LogP contribution >= 0.6 is 11.8 Å². The molecule has 0 aliphatic carbocycles. The average molecular weight is 270 g/mol. The van der Waals surface area contributed by atoms with Crippen LogP contribution in [0.2, 0.25) is 0 Å². The molecule has 1 aliphatic rings. The van der Waals surface area contributed by atoms with Crippen LogP contribution in [0.5, 0.6) is 6.01 Å². The zero-order chi connectivity index (χ0) is 13.0. The zero-order valence-electron chi connectivity index (χ0n) is 10.8. The van der Waals surface area contributed by atoms with E-state index in [0.717, 1.165) is 19.8 Å². The maximum absolute atomic E-state index is 5.53. The molecule has 18 heavy (non-hydrogen) atoms. The Kier molecular flexibility index (Phi) is 4.60. The fraction of sp³-hybridized carbons (Fsp3) is 0.727. The highest BCUT2D eigenvalue weighted by molar-refractivity contribution is 7.99. The molecule has 0 saturated carbocycles. The van der Waals surface area contributed by atoms with E-state index in [9.17, 15) is 0 Å². The van der Waals surface area contributed by atoms with Crippen molar-refractivity contribution >= 4 is 17.7 Å². The van der Waals surface area contributed by atoms with Crippen molar-refractivity contribution in [3.63, 3.8) is 0 Å². The van der Waals surface area contributed by atoms with Gasteiger partial charge in [0.05, 0.1) is 24.6 Å². The van der Waals surface area contributed by atoms with Gasteiger partial charge in [0.2, 0.25) is 5.95 Å². The molecule has 0 aromatic carbocycles. The third-order valence-electron chi connectivity index (χ3n) is 2.15. The molecular weight excluding hydrogens is 252 g/mol. The number of rotatable bonds is 6. The van der Waals surface area contributed by atoms with Crippen LogP contribution in [0.25, 0.3) is 0 Å². The molecule has 0 bridgehead atoms. The summed E-state index contributed by atoms with van der Waals surface area (Å²) in [7, 11) is 0.